The highest BCUT2D eigenvalue weighted by atomic mass is 32.1. The molecule has 0 unspecified atom stereocenters. The molecule has 0 N–H and O–H groups in total. The van der Waals surface area contributed by atoms with E-state index in [4.69, 9.17) is 19.4 Å². The summed E-state index contributed by atoms with van der Waals surface area (Å²) in [5, 5.41) is 4.08. The van der Waals surface area contributed by atoms with Crippen LogP contribution in [0.4, 0.5) is 4.39 Å². The van der Waals surface area contributed by atoms with Crippen molar-refractivity contribution >= 4 is 38.7 Å². The number of benzene rings is 1. The highest BCUT2D eigenvalue weighted by Gasteiger charge is 2.30. The summed E-state index contributed by atoms with van der Waals surface area (Å²) < 4.78 is 26.9. The Labute approximate surface area is 260 Å². The molecule has 0 atom stereocenters. The SMILES string of the molecule is C=CC(=O)N1CCc2nc(-c3nc(C4CCN(C(C)C)CC4)c4ccsc4c3-c3ccc(F)cc3OCCOC)sc2C1. The highest BCUT2D eigenvalue weighted by molar-refractivity contribution is 7.18. The molecule has 1 amide bonds. The van der Waals surface area contributed by atoms with E-state index in [9.17, 15) is 9.18 Å². The molecule has 0 spiro atoms. The molecule has 4 aromatic rings. The van der Waals surface area contributed by atoms with Gasteiger partial charge in [0, 0.05) is 64.2 Å². The molecule has 1 fully saturated rings. The Bertz CT molecular complexity index is 1640. The summed E-state index contributed by atoms with van der Waals surface area (Å²) in [7, 11) is 1.62. The van der Waals surface area contributed by atoms with Crippen molar-refractivity contribution in [1.29, 1.82) is 0 Å². The molecule has 2 aliphatic rings. The van der Waals surface area contributed by atoms with Gasteiger partial charge in [-0.2, -0.15) is 0 Å². The van der Waals surface area contributed by atoms with E-state index in [1.54, 1.807) is 35.8 Å². The lowest BCUT2D eigenvalue weighted by Crippen LogP contribution is -2.38. The number of fused-ring (bicyclic) bond motifs is 2. The van der Waals surface area contributed by atoms with Crippen LogP contribution in [0.2, 0.25) is 0 Å². The number of ether oxygens (including phenoxy) is 2. The number of thiophene rings is 1. The van der Waals surface area contributed by atoms with Crippen molar-refractivity contribution in [2.45, 2.75) is 51.6 Å². The topological polar surface area (TPSA) is 67.8 Å². The number of likely N-dealkylation sites (tertiary alicyclic amines) is 1. The number of aromatic nitrogens is 2. The summed E-state index contributed by atoms with van der Waals surface area (Å²) in [5.41, 5.74) is 4.60. The van der Waals surface area contributed by atoms with Crippen LogP contribution in [0.25, 0.3) is 31.9 Å². The lowest BCUT2D eigenvalue weighted by Gasteiger charge is -2.34. The summed E-state index contributed by atoms with van der Waals surface area (Å²) in [6, 6.07) is 7.40. The number of hydrogen-bond donors (Lipinski definition) is 0. The van der Waals surface area contributed by atoms with Crippen LogP contribution in [0, 0.1) is 5.82 Å². The minimum Gasteiger partial charge on any atom is -0.490 e. The molecular weight excluding hydrogens is 584 g/mol. The lowest BCUT2D eigenvalue weighted by molar-refractivity contribution is -0.126. The quantitative estimate of drug-likeness (QED) is 0.150. The zero-order valence-corrected chi connectivity index (χ0v) is 26.5. The van der Waals surface area contributed by atoms with Crippen LogP contribution in [0.1, 0.15) is 48.9 Å². The smallest absolute Gasteiger partial charge is 0.246 e. The minimum atomic E-state index is -0.363. The first-order valence-corrected chi connectivity index (χ1v) is 16.5. The van der Waals surface area contributed by atoms with Crippen molar-refractivity contribution in [3.8, 4) is 27.6 Å². The summed E-state index contributed by atoms with van der Waals surface area (Å²) >= 11 is 3.26. The first-order valence-electron chi connectivity index (χ1n) is 14.8. The number of piperidine rings is 1. The summed E-state index contributed by atoms with van der Waals surface area (Å²) in [4.78, 5) is 28.4. The lowest BCUT2D eigenvalue weighted by atomic mass is 9.89. The standard InChI is InChI=1S/C33H37FN4O3S2/c1-5-28(39)38-14-10-25-27(19-38)43-33(35-25)31-29(23-7-6-22(34)18-26(23)41-16-15-40-4)32-24(11-17-42-32)30(36-31)21-8-12-37(13-9-21)20(2)3/h5-7,11,17-18,20-21H,1,8-10,12-16,19H2,2-4H3. The van der Waals surface area contributed by atoms with Crippen molar-refractivity contribution in [3.63, 3.8) is 0 Å². The number of nitrogens with zero attached hydrogens (tertiary/aromatic N) is 4. The van der Waals surface area contributed by atoms with Crippen LogP contribution in [-0.4, -0.2) is 71.7 Å². The largest absolute Gasteiger partial charge is 0.490 e. The Hall–Kier alpha value is -3.18. The van der Waals surface area contributed by atoms with E-state index in [1.165, 1.54) is 18.2 Å². The minimum absolute atomic E-state index is 0.0707. The summed E-state index contributed by atoms with van der Waals surface area (Å²) in [5.74, 6) is 0.356. The Kier molecular flexibility index (Phi) is 8.90. The molecule has 226 valence electrons. The third-order valence-electron chi connectivity index (χ3n) is 8.46. The average Bonchev–Trinajstić information content (AvgIpc) is 3.68. The van der Waals surface area contributed by atoms with Crippen LogP contribution < -0.4 is 4.74 Å². The second kappa shape index (κ2) is 12.8. The van der Waals surface area contributed by atoms with Crippen LogP contribution in [0.5, 0.6) is 5.75 Å². The van der Waals surface area contributed by atoms with Gasteiger partial charge in [-0.05, 0) is 69.4 Å². The number of halogens is 1. The van der Waals surface area contributed by atoms with E-state index in [0.717, 1.165) is 74.1 Å². The maximum Gasteiger partial charge on any atom is 0.246 e. The number of amides is 1. The number of rotatable bonds is 9. The summed E-state index contributed by atoms with van der Waals surface area (Å²) in [6.45, 7) is 12.1. The number of hydrogen-bond acceptors (Lipinski definition) is 8. The van der Waals surface area contributed by atoms with Gasteiger partial charge in [0.05, 0.1) is 24.5 Å². The zero-order valence-electron chi connectivity index (χ0n) is 24.9. The van der Waals surface area contributed by atoms with Crippen LogP contribution in [-0.2, 0) is 22.5 Å². The van der Waals surface area contributed by atoms with E-state index >= 15 is 0 Å². The van der Waals surface area contributed by atoms with E-state index in [1.807, 2.05) is 4.90 Å². The maximum absolute atomic E-state index is 14.6. The van der Waals surface area contributed by atoms with Crippen molar-refractivity contribution in [1.82, 2.24) is 19.8 Å². The first-order chi connectivity index (χ1) is 20.9. The Morgan fingerprint density at radius 3 is 2.74 bits per heavy atom. The van der Waals surface area contributed by atoms with Gasteiger partial charge in [0.15, 0.2) is 0 Å². The monoisotopic (exact) mass is 620 g/mol. The van der Waals surface area contributed by atoms with Crippen molar-refractivity contribution in [2.24, 2.45) is 0 Å². The molecule has 0 radical (unpaired) electrons. The molecule has 10 heteroatoms. The highest BCUT2D eigenvalue weighted by Crippen LogP contribution is 2.47. The number of carbonyl (C=O) groups excluding carboxylic acids is 1. The van der Waals surface area contributed by atoms with Gasteiger partial charge in [-0.25, -0.2) is 14.4 Å². The molecule has 0 bridgehead atoms. The normalized spacial score (nSPS) is 16.2. The molecule has 3 aromatic heterocycles. The van der Waals surface area contributed by atoms with Crippen LogP contribution in [0.3, 0.4) is 0 Å². The van der Waals surface area contributed by atoms with Crippen molar-refractivity contribution in [3.05, 3.63) is 64.4 Å². The molecule has 5 heterocycles. The predicted octanol–water partition coefficient (Wildman–Crippen LogP) is 6.91. The van der Waals surface area contributed by atoms with Crippen molar-refractivity contribution in [2.75, 3.05) is 40.0 Å². The van der Waals surface area contributed by atoms with E-state index in [0.29, 0.717) is 50.4 Å². The molecule has 6 rings (SSSR count). The molecule has 43 heavy (non-hydrogen) atoms. The van der Waals surface area contributed by atoms with Crippen molar-refractivity contribution < 1.29 is 18.7 Å². The fraction of sp³-hybridized carbons (Fsp3) is 0.424. The number of thiazole rings is 1. The fourth-order valence-electron chi connectivity index (χ4n) is 6.12. The van der Waals surface area contributed by atoms with Gasteiger partial charge in [0.2, 0.25) is 5.91 Å². The second-order valence-electron chi connectivity index (χ2n) is 11.4. The van der Waals surface area contributed by atoms with E-state index < -0.39 is 0 Å². The zero-order chi connectivity index (χ0) is 30.1. The number of pyridine rings is 1. The van der Waals surface area contributed by atoms with E-state index in [-0.39, 0.29) is 11.7 Å². The van der Waals surface area contributed by atoms with Crippen LogP contribution in [0.15, 0.2) is 42.3 Å². The summed E-state index contributed by atoms with van der Waals surface area (Å²) in [6.07, 6.45) is 4.14. The second-order valence-corrected chi connectivity index (χ2v) is 13.4. The van der Waals surface area contributed by atoms with Gasteiger partial charge in [-0.1, -0.05) is 6.58 Å². The van der Waals surface area contributed by atoms with Gasteiger partial charge in [-0.3, -0.25) is 4.79 Å². The molecule has 1 saturated heterocycles. The number of carbonyl (C=O) groups is 1. The average molecular weight is 621 g/mol. The van der Waals surface area contributed by atoms with Gasteiger partial charge in [0.1, 0.15) is 28.9 Å². The predicted molar refractivity (Wildman–Crippen MR) is 171 cm³/mol. The third-order valence-corrected chi connectivity index (χ3v) is 10.5. The third kappa shape index (κ3) is 5.98. The van der Waals surface area contributed by atoms with Gasteiger partial charge < -0.3 is 19.3 Å². The van der Waals surface area contributed by atoms with Gasteiger partial charge >= 0.3 is 0 Å². The molecule has 1 aromatic carbocycles. The first kappa shape index (κ1) is 29.9. The van der Waals surface area contributed by atoms with E-state index in [2.05, 4.69) is 36.8 Å². The molecular formula is C33H37FN4O3S2. The number of methoxy groups -OCH3 is 1. The molecule has 7 nitrogen and oxygen atoms in total. The van der Waals surface area contributed by atoms with Crippen LogP contribution >= 0.6 is 22.7 Å². The Balaban J connectivity index is 1.51. The molecule has 2 aliphatic heterocycles. The van der Waals surface area contributed by atoms with Gasteiger partial charge in [-0.15, -0.1) is 22.7 Å². The fourth-order valence-corrected chi connectivity index (χ4v) is 8.21. The molecule has 0 saturated carbocycles. The Morgan fingerprint density at radius 1 is 1.19 bits per heavy atom. The van der Waals surface area contributed by atoms with Gasteiger partial charge in [0.25, 0.3) is 0 Å². The maximum atomic E-state index is 14.6. The molecule has 0 aliphatic carbocycles. The Morgan fingerprint density at radius 2 is 2.00 bits per heavy atom.